The third-order valence-electron chi connectivity index (χ3n) is 3.01. The molecule has 0 aliphatic carbocycles. The van der Waals surface area contributed by atoms with Crippen LogP contribution in [0.4, 0.5) is 0 Å². The predicted molar refractivity (Wildman–Crippen MR) is 65.5 cm³/mol. The number of β-amino-alcohol motifs (C(OH)–C–C–N with tert-alkyl or cyclic N) is 1. The largest absolute Gasteiger partial charge is 0.392 e. The van der Waals surface area contributed by atoms with E-state index in [1.54, 1.807) is 12.1 Å². The van der Waals surface area contributed by atoms with E-state index in [2.05, 4.69) is 4.90 Å². The molecule has 5 heteroatoms. The summed E-state index contributed by atoms with van der Waals surface area (Å²) in [6.45, 7) is 2.37. The summed E-state index contributed by atoms with van der Waals surface area (Å²) in [5.41, 5.74) is 1.08. The Morgan fingerprint density at radius 1 is 1.35 bits per heavy atom. The fraction of sp³-hybridized carbons (Fsp3) is 0.500. The van der Waals surface area contributed by atoms with Crippen molar-refractivity contribution in [1.29, 1.82) is 0 Å². The van der Waals surface area contributed by atoms with Gasteiger partial charge >= 0.3 is 0 Å². The van der Waals surface area contributed by atoms with Crippen LogP contribution < -0.4 is 0 Å². The molecule has 0 radical (unpaired) electrons. The van der Waals surface area contributed by atoms with Crippen LogP contribution in [0.5, 0.6) is 0 Å². The maximum absolute atomic E-state index is 11.3. The van der Waals surface area contributed by atoms with Crippen molar-refractivity contribution >= 4 is 9.84 Å². The van der Waals surface area contributed by atoms with E-state index in [1.807, 2.05) is 12.1 Å². The van der Waals surface area contributed by atoms with Gasteiger partial charge in [0.25, 0.3) is 0 Å². The second-order valence-electron chi connectivity index (χ2n) is 4.59. The molecule has 0 saturated carbocycles. The van der Waals surface area contributed by atoms with E-state index in [-0.39, 0.29) is 6.10 Å². The van der Waals surface area contributed by atoms with Crippen LogP contribution in [0.15, 0.2) is 29.2 Å². The Hall–Kier alpha value is -0.910. The minimum atomic E-state index is -3.11. The van der Waals surface area contributed by atoms with Gasteiger partial charge in [0.2, 0.25) is 0 Å². The SMILES string of the molecule is CS(=O)(=O)c1ccc(CN2CCC(O)C2)cc1. The van der Waals surface area contributed by atoms with E-state index in [0.29, 0.717) is 11.4 Å². The molecule has 0 bridgehead atoms. The maximum atomic E-state index is 11.3. The van der Waals surface area contributed by atoms with Gasteiger partial charge in [0.1, 0.15) is 0 Å². The van der Waals surface area contributed by atoms with E-state index in [9.17, 15) is 13.5 Å². The molecule has 17 heavy (non-hydrogen) atoms. The summed E-state index contributed by atoms with van der Waals surface area (Å²) in [6.07, 6.45) is 1.81. The molecule has 2 rings (SSSR count). The van der Waals surface area contributed by atoms with Gasteiger partial charge in [-0.25, -0.2) is 8.42 Å². The summed E-state index contributed by atoms with van der Waals surface area (Å²) in [4.78, 5) is 2.52. The van der Waals surface area contributed by atoms with Crippen molar-refractivity contribution in [2.75, 3.05) is 19.3 Å². The predicted octanol–water partition coefficient (Wildman–Crippen LogP) is 0.657. The number of sulfone groups is 1. The lowest BCUT2D eigenvalue weighted by molar-refractivity contribution is 0.175. The lowest BCUT2D eigenvalue weighted by atomic mass is 10.2. The van der Waals surface area contributed by atoms with Gasteiger partial charge in [-0.3, -0.25) is 4.90 Å². The number of rotatable bonds is 3. The Morgan fingerprint density at radius 3 is 2.47 bits per heavy atom. The summed E-state index contributed by atoms with van der Waals surface area (Å²) in [7, 11) is -3.11. The molecule has 4 nitrogen and oxygen atoms in total. The molecule has 1 aliphatic heterocycles. The Labute approximate surface area is 102 Å². The van der Waals surface area contributed by atoms with E-state index in [1.165, 1.54) is 6.26 Å². The van der Waals surface area contributed by atoms with Crippen LogP contribution in [0, 0.1) is 0 Å². The molecule has 1 saturated heterocycles. The molecule has 1 N–H and O–H groups in total. The average Bonchev–Trinajstić information content (AvgIpc) is 2.63. The highest BCUT2D eigenvalue weighted by Gasteiger charge is 2.19. The van der Waals surface area contributed by atoms with Crippen LogP contribution in [0.25, 0.3) is 0 Å². The highest BCUT2D eigenvalue weighted by Crippen LogP contribution is 2.15. The van der Waals surface area contributed by atoms with Crippen molar-refractivity contribution < 1.29 is 13.5 Å². The summed E-state index contributed by atoms with van der Waals surface area (Å²) in [6, 6.07) is 6.94. The van der Waals surface area contributed by atoms with Gasteiger partial charge in [0, 0.05) is 25.9 Å². The van der Waals surface area contributed by atoms with E-state index in [4.69, 9.17) is 0 Å². The zero-order chi connectivity index (χ0) is 12.5. The van der Waals surface area contributed by atoms with Crippen LogP contribution in [0.2, 0.25) is 0 Å². The first-order chi connectivity index (χ1) is 7.95. The molecule has 1 atom stereocenters. The topological polar surface area (TPSA) is 57.6 Å². The van der Waals surface area contributed by atoms with Gasteiger partial charge in [0.15, 0.2) is 9.84 Å². The molecule has 1 aliphatic rings. The second kappa shape index (κ2) is 4.76. The van der Waals surface area contributed by atoms with Gasteiger partial charge in [-0.15, -0.1) is 0 Å². The number of aliphatic hydroxyl groups excluding tert-OH is 1. The standard InChI is InChI=1S/C12H17NO3S/c1-17(15,16)12-4-2-10(3-5-12)8-13-7-6-11(14)9-13/h2-5,11,14H,6-9H2,1H3. The lowest BCUT2D eigenvalue weighted by Crippen LogP contribution is -2.21. The molecule has 1 heterocycles. The number of nitrogens with zero attached hydrogens (tertiary/aromatic N) is 1. The van der Waals surface area contributed by atoms with Crippen LogP contribution in [-0.4, -0.2) is 43.9 Å². The summed E-state index contributed by atoms with van der Waals surface area (Å²) in [5, 5.41) is 9.41. The van der Waals surface area contributed by atoms with Crippen molar-refractivity contribution in [1.82, 2.24) is 4.90 Å². The Kier molecular flexibility index (Phi) is 3.51. The van der Waals surface area contributed by atoms with Gasteiger partial charge in [0.05, 0.1) is 11.0 Å². The number of hydrogen-bond donors (Lipinski definition) is 1. The fourth-order valence-corrected chi connectivity index (χ4v) is 2.69. The fourth-order valence-electron chi connectivity index (χ4n) is 2.06. The van der Waals surface area contributed by atoms with Crippen molar-refractivity contribution in [3.05, 3.63) is 29.8 Å². The minimum absolute atomic E-state index is 0.217. The molecule has 1 aromatic carbocycles. The van der Waals surface area contributed by atoms with Gasteiger partial charge in [-0.1, -0.05) is 12.1 Å². The molecule has 0 aromatic heterocycles. The molecular weight excluding hydrogens is 238 g/mol. The zero-order valence-electron chi connectivity index (χ0n) is 9.83. The molecule has 1 aromatic rings. The molecule has 1 fully saturated rings. The van der Waals surface area contributed by atoms with Crippen LogP contribution in [0.1, 0.15) is 12.0 Å². The first kappa shape index (κ1) is 12.5. The maximum Gasteiger partial charge on any atom is 0.175 e. The average molecular weight is 255 g/mol. The number of likely N-dealkylation sites (tertiary alicyclic amines) is 1. The highest BCUT2D eigenvalue weighted by atomic mass is 32.2. The van der Waals surface area contributed by atoms with E-state index in [0.717, 1.165) is 25.1 Å². The number of hydrogen-bond acceptors (Lipinski definition) is 4. The summed E-state index contributed by atoms with van der Waals surface area (Å²) in [5.74, 6) is 0. The third kappa shape index (κ3) is 3.28. The first-order valence-electron chi connectivity index (χ1n) is 5.64. The minimum Gasteiger partial charge on any atom is -0.392 e. The van der Waals surface area contributed by atoms with Crippen LogP contribution in [0.3, 0.4) is 0 Å². The Morgan fingerprint density at radius 2 is 2.00 bits per heavy atom. The van der Waals surface area contributed by atoms with Crippen molar-refractivity contribution in [3.63, 3.8) is 0 Å². The van der Waals surface area contributed by atoms with Crippen LogP contribution in [-0.2, 0) is 16.4 Å². The highest BCUT2D eigenvalue weighted by molar-refractivity contribution is 7.90. The lowest BCUT2D eigenvalue weighted by Gasteiger charge is -2.14. The molecule has 0 spiro atoms. The molecular formula is C12H17NO3S. The quantitative estimate of drug-likeness (QED) is 0.862. The molecule has 1 unspecified atom stereocenters. The van der Waals surface area contributed by atoms with Crippen LogP contribution >= 0.6 is 0 Å². The van der Waals surface area contributed by atoms with Crippen molar-refractivity contribution in [2.45, 2.75) is 24.0 Å². The van der Waals surface area contributed by atoms with Gasteiger partial charge < -0.3 is 5.11 Å². The zero-order valence-corrected chi connectivity index (χ0v) is 10.7. The molecule has 94 valence electrons. The van der Waals surface area contributed by atoms with Crippen molar-refractivity contribution in [3.8, 4) is 0 Å². The third-order valence-corrected chi connectivity index (χ3v) is 4.13. The van der Waals surface area contributed by atoms with Crippen molar-refractivity contribution in [2.24, 2.45) is 0 Å². The summed E-state index contributed by atoms with van der Waals surface area (Å²) >= 11 is 0. The van der Waals surface area contributed by atoms with E-state index < -0.39 is 9.84 Å². The number of benzene rings is 1. The summed E-state index contributed by atoms with van der Waals surface area (Å²) < 4.78 is 22.6. The smallest absolute Gasteiger partial charge is 0.175 e. The number of aliphatic hydroxyl groups is 1. The van der Waals surface area contributed by atoms with Gasteiger partial charge in [-0.05, 0) is 24.1 Å². The molecule has 0 amide bonds. The Balaban J connectivity index is 2.04. The van der Waals surface area contributed by atoms with E-state index >= 15 is 0 Å². The Bertz CT molecular complexity index is 481. The first-order valence-corrected chi connectivity index (χ1v) is 7.54. The second-order valence-corrected chi connectivity index (χ2v) is 6.61. The van der Waals surface area contributed by atoms with Gasteiger partial charge in [-0.2, -0.15) is 0 Å². The normalized spacial score (nSPS) is 21.9. The monoisotopic (exact) mass is 255 g/mol.